The predicted molar refractivity (Wildman–Crippen MR) is 133 cm³/mol. The molecular formula is C28H37N3O3. The van der Waals surface area contributed by atoms with Crippen molar-refractivity contribution >= 4 is 11.8 Å². The molecule has 0 spiro atoms. The molecular weight excluding hydrogens is 426 g/mol. The number of hydrogen-bond donors (Lipinski definition) is 1. The normalized spacial score (nSPS) is 20.8. The summed E-state index contributed by atoms with van der Waals surface area (Å²) in [5, 5.41) is 3.11. The van der Waals surface area contributed by atoms with Gasteiger partial charge in [0.1, 0.15) is 6.04 Å². The fraction of sp³-hybridized carbons (Fsp3) is 0.500. The standard InChI is InChI=1S/C28H37N3O3/c1-20(2)13-27(32)31-19-25-10-5-4-9-24(25)15-26(31)28(33)29-16-22-7-6-8-23(14-22)18-30-11-12-34-21(3)17-30/h4-10,14,20-21,26H,11-13,15-19H2,1-3H3,(H,29,33). The number of carbonyl (C=O) groups excluding carboxylic acids is 2. The van der Waals surface area contributed by atoms with Crippen LogP contribution < -0.4 is 5.32 Å². The van der Waals surface area contributed by atoms with E-state index in [4.69, 9.17) is 4.74 Å². The van der Waals surface area contributed by atoms with Gasteiger partial charge in [0.05, 0.1) is 12.7 Å². The lowest BCUT2D eigenvalue weighted by Gasteiger charge is -2.36. The van der Waals surface area contributed by atoms with Gasteiger partial charge in [-0.15, -0.1) is 0 Å². The lowest BCUT2D eigenvalue weighted by atomic mass is 9.92. The molecule has 0 bridgehead atoms. The topological polar surface area (TPSA) is 61.9 Å². The summed E-state index contributed by atoms with van der Waals surface area (Å²) in [6, 6.07) is 16.0. The van der Waals surface area contributed by atoms with Gasteiger partial charge in [0.25, 0.3) is 0 Å². The zero-order chi connectivity index (χ0) is 24.1. The van der Waals surface area contributed by atoms with Crippen LogP contribution in [0.2, 0.25) is 0 Å². The number of nitrogens with zero attached hydrogens (tertiary/aromatic N) is 2. The Balaban J connectivity index is 1.41. The molecule has 2 atom stereocenters. The molecule has 182 valence electrons. The van der Waals surface area contributed by atoms with Gasteiger partial charge in [0.2, 0.25) is 11.8 Å². The first-order chi connectivity index (χ1) is 16.4. The summed E-state index contributed by atoms with van der Waals surface area (Å²) in [6.45, 7) is 10.7. The Morgan fingerprint density at radius 3 is 2.62 bits per heavy atom. The highest BCUT2D eigenvalue weighted by atomic mass is 16.5. The summed E-state index contributed by atoms with van der Waals surface area (Å²) in [6.07, 6.45) is 1.27. The molecule has 6 nitrogen and oxygen atoms in total. The predicted octanol–water partition coefficient (Wildman–Crippen LogP) is 3.52. The fourth-order valence-corrected chi connectivity index (χ4v) is 4.92. The molecule has 1 N–H and O–H groups in total. The van der Waals surface area contributed by atoms with E-state index >= 15 is 0 Å². The van der Waals surface area contributed by atoms with Gasteiger partial charge in [-0.1, -0.05) is 62.4 Å². The van der Waals surface area contributed by atoms with E-state index in [9.17, 15) is 9.59 Å². The molecule has 0 saturated carbocycles. The molecule has 1 saturated heterocycles. The van der Waals surface area contributed by atoms with Crippen LogP contribution in [0.15, 0.2) is 48.5 Å². The minimum atomic E-state index is -0.473. The molecule has 2 aliphatic heterocycles. The molecule has 2 heterocycles. The van der Waals surface area contributed by atoms with Crippen molar-refractivity contribution in [2.45, 2.75) is 65.4 Å². The molecule has 34 heavy (non-hydrogen) atoms. The van der Waals surface area contributed by atoms with Gasteiger partial charge < -0.3 is 15.0 Å². The highest BCUT2D eigenvalue weighted by Gasteiger charge is 2.34. The zero-order valence-electron chi connectivity index (χ0n) is 20.6. The van der Waals surface area contributed by atoms with E-state index in [2.05, 4.69) is 47.5 Å². The quantitative estimate of drug-likeness (QED) is 0.683. The fourth-order valence-electron chi connectivity index (χ4n) is 4.92. The molecule has 1 fully saturated rings. The first-order valence-electron chi connectivity index (χ1n) is 12.4. The number of benzene rings is 2. The summed E-state index contributed by atoms with van der Waals surface area (Å²) < 4.78 is 5.64. The maximum atomic E-state index is 13.3. The Hall–Kier alpha value is -2.70. The van der Waals surface area contributed by atoms with Gasteiger partial charge in [-0.05, 0) is 35.1 Å². The number of nitrogens with one attached hydrogen (secondary N) is 1. The van der Waals surface area contributed by atoms with Gasteiger partial charge >= 0.3 is 0 Å². The molecule has 2 amide bonds. The second-order valence-corrected chi connectivity index (χ2v) is 10.1. The van der Waals surface area contributed by atoms with Crippen molar-refractivity contribution in [3.63, 3.8) is 0 Å². The Bertz CT molecular complexity index is 1010. The molecule has 6 heteroatoms. The lowest BCUT2D eigenvalue weighted by molar-refractivity contribution is -0.142. The highest BCUT2D eigenvalue weighted by Crippen LogP contribution is 2.25. The molecule has 2 aromatic rings. The van der Waals surface area contributed by atoms with Gasteiger partial charge in [-0.2, -0.15) is 0 Å². The van der Waals surface area contributed by atoms with Crippen LogP contribution in [0.5, 0.6) is 0 Å². The van der Waals surface area contributed by atoms with E-state index < -0.39 is 6.04 Å². The monoisotopic (exact) mass is 463 g/mol. The van der Waals surface area contributed by atoms with Crippen LogP contribution in [0.1, 0.15) is 49.4 Å². The Morgan fingerprint density at radius 1 is 1.09 bits per heavy atom. The van der Waals surface area contributed by atoms with Crippen LogP contribution in [-0.2, 0) is 40.4 Å². The largest absolute Gasteiger partial charge is 0.376 e. The van der Waals surface area contributed by atoms with E-state index in [0.29, 0.717) is 25.9 Å². The van der Waals surface area contributed by atoms with Crippen molar-refractivity contribution in [2.75, 3.05) is 19.7 Å². The summed E-state index contributed by atoms with van der Waals surface area (Å²) >= 11 is 0. The SMILES string of the molecule is CC(C)CC(=O)N1Cc2ccccc2CC1C(=O)NCc1cccc(CN2CCOC(C)C2)c1. The van der Waals surface area contributed by atoms with E-state index in [-0.39, 0.29) is 23.8 Å². The van der Waals surface area contributed by atoms with Crippen LogP contribution in [-0.4, -0.2) is 53.5 Å². The molecule has 2 aromatic carbocycles. The molecule has 4 rings (SSSR count). The Morgan fingerprint density at radius 2 is 1.85 bits per heavy atom. The third-order valence-electron chi connectivity index (χ3n) is 6.64. The second kappa shape index (κ2) is 11.2. The average molecular weight is 464 g/mol. The summed E-state index contributed by atoms with van der Waals surface area (Å²) in [5.41, 5.74) is 4.59. The number of rotatable bonds is 7. The molecule has 0 radical (unpaired) electrons. The molecule has 2 unspecified atom stereocenters. The maximum absolute atomic E-state index is 13.3. The maximum Gasteiger partial charge on any atom is 0.243 e. The van der Waals surface area contributed by atoms with Gasteiger partial charge in [-0.25, -0.2) is 0 Å². The summed E-state index contributed by atoms with van der Waals surface area (Å²) in [7, 11) is 0. The number of amides is 2. The number of hydrogen-bond acceptors (Lipinski definition) is 4. The molecule has 0 aromatic heterocycles. The van der Waals surface area contributed by atoms with Gasteiger partial charge in [0, 0.05) is 45.6 Å². The van der Waals surface area contributed by atoms with Crippen LogP contribution in [0.3, 0.4) is 0 Å². The summed E-state index contributed by atoms with van der Waals surface area (Å²) in [4.78, 5) is 30.5. The van der Waals surface area contributed by atoms with E-state index in [1.807, 2.05) is 32.0 Å². The molecule has 2 aliphatic rings. The first-order valence-corrected chi connectivity index (χ1v) is 12.4. The summed E-state index contributed by atoms with van der Waals surface area (Å²) in [5.74, 6) is 0.219. The highest BCUT2D eigenvalue weighted by molar-refractivity contribution is 5.88. The number of carbonyl (C=O) groups is 2. The average Bonchev–Trinajstić information content (AvgIpc) is 2.81. The van der Waals surface area contributed by atoms with Gasteiger partial charge in [-0.3, -0.25) is 14.5 Å². The van der Waals surface area contributed by atoms with E-state index in [0.717, 1.165) is 42.9 Å². The smallest absolute Gasteiger partial charge is 0.243 e. The van der Waals surface area contributed by atoms with Crippen LogP contribution in [0.25, 0.3) is 0 Å². The van der Waals surface area contributed by atoms with Crippen molar-refractivity contribution in [3.8, 4) is 0 Å². The molecule has 0 aliphatic carbocycles. The van der Waals surface area contributed by atoms with Crippen molar-refractivity contribution in [1.29, 1.82) is 0 Å². The number of fused-ring (bicyclic) bond motifs is 1. The minimum Gasteiger partial charge on any atom is -0.376 e. The van der Waals surface area contributed by atoms with Crippen molar-refractivity contribution in [2.24, 2.45) is 5.92 Å². The third kappa shape index (κ3) is 6.24. The number of ether oxygens (including phenoxy) is 1. The van der Waals surface area contributed by atoms with Crippen molar-refractivity contribution in [3.05, 3.63) is 70.8 Å². The number of morpholine rings is 1. The van der Waals surface area contributed by atoms with Gasteiger partial charge in [0.15, 0.2) is 0 Å². The van der Waals surface area contributed by atoms with Crippen LogP contribution in [0, 0.1) is 5.92 Å². The minimum absolute atomic E-state index is 0.0476. The Kier molecular flexibility index (Phi) is 8.01. The lowest BCUT2D eigenvalue weighted by Crippen LogP contribution is -2.52. The van der Waals surface area contributed by atoms with E-state index in [1.54, 1.807) is 4.90 Å². The second-order valence-electron chi connectivity index (χ2n) is 10.1. The Labute approximate surface area is 203 Å². The van der Waals surface area contributed by atoms with Crippen molar-refractivity contribution < 1.29 is 14.3 Å². The first kappa shape index (κ1) is 24.4. The van der Waals surface area contributed by atoms with Crippen molar-refractivity contribution in [1.82, 2.24) is 15.1 Å². The zero-order valence-corrected chi connectivity index (χ0v) is 20.6. The van der Waals surface area contributed by atoms with E-state index in [1.165, 1.54) is 5.56 Å². The van der Waals surface area contributed by atoms with Crippen LogP contribution >= 0.6 is 0 Å². The van der Waals surface area contributed by atoms with Crippen LogP contribution in [0.4, 0.5) is 0 Å². The third-order valence-corrected chi connectivity index (χ3v) is 6.64.